The zero-order valence-electron chi connectivity index (χ0n) is 19.0. The van der Waals surface area contributed by atoms with Gasteiger partial charge in [0.25, 0.3) is 0 Å². The number of nitrogens with one attached hydrogen (secondary N) is 1. The minimum Gasteiger partial charge on any atom is -0.356 e. The summed E-state index contributed by atoms with van der Waals surface area (Å²) in [5, 5.41) is 8.67. The summed E-state index contributed by atoms with van der Waals surface area (Å²) in [7, 11) is 0. The van der Waals surface area contributed by atoms with Crippen molar-refractivity contribution in [2.75, 3.05) is 23.3 Å². The third-order valence-corrected chi connectivity index (χ3v) is 7.84. The molecule has 1 aromatic carbocycles. The highest BCUT2D eigenvalue weighted by molar-refractivity contribution is 6.29. The van der Waals surface area contributed by atoms with Gasteiger partial charge in [-0.1, -0.05) is 24.1 Å². The normalized spacial score (nSPS) is 25.9. The second-order valence-corrected chi connectivity index (χ2v) is 10.1. The van der Waals surface area contributed by atoms with E-state index in [4.69, 9.17) is 16.6 Å². The van der Waals surface area contributed by atoms with Gasteiger partial charge < -0.3 is 10.2 Å². The Bertz CT molecular complexity index is 1240. The molecule has 184 valence electrons. The SMILES string of the molecule is Fc1ccc(C2CCCCn3nc(N[C@@H]4C5CC[C@H]4CN(c4cc(Cl)ncn4)C5)nc32)c(F)c1F. The predicted molar refractivity (Wildman–Crippen MR) is 125 cm³/mol. The average molecular weight is 504 g/mol. The monoisotopic (exact) mass is 503 g/mol. The number of halogens is 4. The number of hydrogen-bond acceptors (Lipinski definition) is 6. The van der Waals surface area contributed by atoms with E-state index in [0.29, 0.717) is 41.7 Å². The molecule has 2 aromatic heterocycles. The van der Waals surface area contributed by atoms with Crippen LogP contribution in [0.1, 0.15) is 49.4 Å². The summed E-state index contributed by atoms with van der Waals surface area (Å²) in [5.74, 6) is -1.52. The van der Waals surface area contributed by atoms with Gasteiger partial charge in [-0.3, -0.25) is 0 Å². The molecule has 2 bridgehead atoms. The molecule has 7 nitrogen and oxygen atoms in total. The van der Waals surface area contributed by atoms with Crippen LogP contribution in [0.2, 0.25) is 5.15 Å². The Morgan fingerprint density at radius 1 is 0.971 bits per heavy atom. The zero-order chi connectivity index (χ0) is 24.1. The molecule has 1 aliphatic carbocycles. The third-order valence-electron chi connectivity index (χ3n) is 7.64. The molecular formula is C24H25ClF3N7. The molecule has 1 N–H and O–H groups in total. The van der Waals surface area contributed by atoms with Crippen LogP contribution in [0.3, 0.4) is 0 Å². The first-order valence-corrected chi connectivity index (χ1v) is 12.4. The highest BCUT2D eigenvalue weighted by atomic mass is 35.5. The number of nitrogens with zero attached hydrogens (tertiary/aromatic N) is 6. The molecule has 4 atom stereocenters. The molecule has 1 saturated carbocycles. The number of aromatic nitrogens is 5. The summed E-state index contributed by atoms with van der Waals surface area (Å²) in [6.07, 6.45) is 5.96. The fourth-order valence-corrected chi connectivity index (χ4v) is 6.11. The van der Waals surface area contributed by atoms with E-state index in [1.165, 1.54) is 12.4 Å². The second kappa shape index (κ2) is 8.96. The fourth-order valence-electron chi connectivity index (χ4n) is 5.97. The lowest BCUT2D eigenvalue weighted by atomic mass is 9.92. The maximum absolute atomic E-state index is 14.7. The molecule has 2 unspecified atom stereocenters. The molecule has 0 spiro atoms. The molecule has 35 heavy (non-hydrogen) atoms. The summed E-state index contributed by atoms with van der Waals surface area (Å²) < 4.78 is 44.0. The van der Waals surface area contributed by atoms with Crippen LogP contribution in [0.4, 0.5) is 24.9 Å². The number of aryl methyl sites for hydroxylation is 1. The Labute approximate surface area is 205 Å². The Balaban J connectivity index is 1.24. The van der Waals surface area contributed by atoms with Gasteiger partial charge in [-0.25, -0.2) is 27.8 Å². The topological polar surface area (TPSA) is 71.8 Å². The van der Waals surface area contributed by atoms with Crippen molar-refractivity contribution < 1.29 is 13.2 Å². The van der Waals surface area contributed by atoms with E-state index >= 15 is 0 Å². The summed E-state index contributed by atoms with van der Waals surface area (Å²) >= 11 is 6.06. The number of anilines is 2. The first-order chi connectivity index (χ1) is 17.0. The number of piperidine rings is 1. The highest BCUT2D eigenvalue weighted by Gasteiger charge is 2.43. The quantitative estimate of drug-likeness (QED) is 0.408. The molecule has 1 saturated heterocycles. The summed E-state index contributed by atoms with van der Waals surface area (Å²) in [6, 6.07) is 4.31. The lowest BCUT2D eigenvalue weighted by molar-refractivity contribution is 0.374. The summed E-state index contributed by atoms with van der Waals surface area (Å²) in [5.41, 5.74) is 0.128. The molecule has 11 heteroatoms. The highest BCUT2D eigenvalue weighted by Crippen LogP contribution is 2.40. The molecule has 0 radical (unpaired) electrons. The van der Waals surface area contributed by atoms with Crippen LogP contribution < -0.4 is 10.2 Å². The Kier molecular flexibility index (Phi) is 5.78. The summed E-state index contributed by atoms with van der Waals surface area (Å²) in [6.45, 7) is 2.35. The first-order valence-electron chi connectivity index (χ1n) is 12.0. The molecule has 2 fully saturated rings. The van der Waals surface area contributed by atoms with Crippen molar-refractivity contribution in [1.29, 1.82) is 0 Å². The van der Waals surface area contributed by atoms with Gasteiger partial charge in [0.05, 0.1) is 0 Å². The van der Waals surface area contributed by atoms with E-state index in [9.17, 15) is 13.2 Å². The number of fused-ring (bicyclic) bond motifs is 3. The van der Waals surface area contributed by atoms with Gasteiger partial charge in [-0.05, 0) is 43.6 Å². The number of hydrogen-bond donors (Lipinski definition) is 1. The van der Waals surface area contributed by atoms with E-state index in [1.807, 2.05) is 0 Å². The van der Waals surface area contributed by atoms with E-state index in [2.05, 4.69) is 25.3 Å². The van der Waals surface area contributed by atoms with Gasteiger partial charge >= 0.3 is 0 Å². The average Bonchev–Trinajstić information content (AvgIpc) is 3.25. The minimum atomic E-state index is -1.44. The fraction of sp³-hybridized carbons (Fsp3) is 0.500. The standard InChI is InChI=1S/C24H25ClF3N7/c25-18-9-19(30-12-29-18)34-10-13-4-5-14(11-34)22(13)31-24-32-23-16(3-1-2-8-35(23)33-24)15-6-7-17(26)21(28)20(15)27/h6-7,9,12-14,16,22H,1-5,8,10-11H2,(H,31,33)/t13-,14?,16?,22-/m0/s1. The minimum absolute atomic E-state index is 0.128. The number of rotatable bonds is 4. The van der Waals surface area contributed by atoms with Gasteiger partial charge in [0.1, 0.15) is 23.1 Å². The van der Waals surface area contributed by atoms with Crippen molar-refractivity contribution in [2.45, 2.75) is 50.6 Å². The molecule has 3 aromatic rings. The van der Waals surface area contributed by atoms with Crippen LogP contribution in [0.25, 0.3) is 0 Å². The van der Waals surface area contributed by atoms with E-state index < -0.39 is 23.4 Å². The van der Waals surface area contributed by atoms with Crippen molar-refractivity contribution in [1.82, 2.24) is 24.7 Å². The number of benzene rings is 1. The maximum atomic E-state index is 14.7. The Hall–Kier alpha value is -2.88. The zero-order valence-corrected chi connectivity index (χ0v) is 19.7. The Morgan fingerprint density at radius 3 is 2.54 bits per heavy atom. The molecule has 6 rings (SSSR count). The van der Waals surface area contributed by atoms with Gasteiger partial charge in [0.2, 0.25) is 5.95 Å². The van der Waals surface area contributed by atoms with Gasteiger partial charge in [-0.15, -0.1) is 5.10 Å². The van der Waals surface area contributed by atoms with Gasteiger partial charge in [0.15, 0.2) is 17.5 Å². The van der Waals surface area contributed by atoms with Crippen LogP contribution in [0.15, 0.2) is 24.5 Å². The van der Waals surface area contributed by atoms with Crippen molar-refractivity contribution in [3.05, 3.63) is 58.5 Å². The molecule has 4 heterocycles. The largest absolute Gasteiger partial charge is 0.356 e. The molecular weight excluding hydrogens is 479 g/mol. The lowest BCUT2D eigenvalue weighted by Gasteiger charge is -2.38. The molecule has 3 aliphatic rings. The van der Waals surface area contributed by atoms with Crippen molar-refractivity contribution in [3.63, 3.8) is 0 Å². The van der Waals surface area contributed by atoms with Crippen LogP contribution >= 0.6 is 11.6 Å². The van der Waals surface area contributed by atoms with E-state index in [0.717, 1.165) is 50.7 Å². The van der Waals surface area contributed by atoms with Crippen LogP contribution in [-0.2, 0) is 6.54 Å². The predicted octanol–water partition coefficient (Wildman–Crippen LogP) is 4.78. The maximum Gasteiger partial charge on any atom is 0.242 e. The van der Waals surface area contributed by atoms with E-state index in [1.54, 1.807) is 10.7 Å². The van der Waals surface area contributed by atoms with E-state index in [-0.39, 0.29) is 11.6 Å². The van der Waals surface area contributed by atoms with Crippen molar-refractivity contribution >= 4 is 23.4 Å². The van der Waals surface area contributed by atoms with Crippen LogP contribution in [0, 0.1) is 29.3 Å². The molecule has 0 amide bonds. The van der Waals surface area contributed by atoms with Crippen molar-refractivity contribution in [2.24, 2.45) is 11.8 Å². The Morgan fingerprint density at radius 2 is 1.77 bits per heavy atom. The van der Waals surface area contributed by atoms with Crippen LogP contribution in [0.5, 0.6) is 0 Å². The van der Waals surface area contributed by atoms with Gasteiger partial charge in [-0.2, -0.15) is 4.98 Å². The lowest BCUT2D eigenvalue weighted by Crippen LogP contribution is -2.48. The second-order valence-electron chi connectivity index (χ2n) is 9.70. The van der Waals surface area contributed by atoms with Crippen LogP contribution in [-0.4, -0.2) is 43.9 Å². The summed E-state index contributed by atoms with van der Waals surface area (Å²) in [4.78, 5) is 15.4. The first kappa shape index (κ1) is 22.6. The molecule has 2 aliphatic heterocycles. The van der Waals surface area contributed by atoms with Crippen molar-refractivity contribution in [3.8, 4) is 0 Å². The smallest absolute Gasteiger partial charge is 0.242 e. The third kappa shape index (κ3) is 4.11. The van der Waals surface area contributed by atoms with Gasteiger partial charge in [0, 0.05) is 43.2 Å².